The Kier molecular flexibility index (Phi) is 5.71. The molecule has 0 unspecified atom stereocenters. The second-order valence-electron chi connectivity index (χ2n) is 8.19. The molecule has 4 N–H and O–H groups in total. The number of morpholine rings is 1. The summed E-state index contributed by atoms with van der Waals surface area (Å²) in [7, 11) is 0. The molecule has 3 aromatic rings. The third-order valence-electron chi connectivity index (χ3n) is 5.77. The summed E-state index contributed by atoms with van der Waals surface area (Å²) < 4.78 is 6.23. The first-order valence-corrected chi connectivity index (χ1v) is 10.4. The van der Waals surface area contributed by atoms with Crippen molar-refractivity contribution in [2.24, 2.45) is 0 Å². The first-order chi connectivity index (χ1) is 15.2. The number of hydrogen-bond donors (Lipinski definition) is 3. The standard InChI is InChI=1S/C24H26N4O4/c1-13-9-18(24(30)31)14(2)8-17(13)22-12-28(11-15(3)32-22)20-10-19(26-27-23(20)25)16-6-4-5-7-21(16)29/h4-10,15,22,29H,11-12H2,1-3H3,(H2,25,27)(H,30,31)/t15-,22-/m0/s1. The number of aromatic carboxylic acids is 1. The maximum Gasteiger partial charge on any atom is 0.335 e. The summed E-state index contributed by atoms with van der Waals surface area (Å²) in [4.78, 5) is 13.6. The summed E-state index contributed by atoms with van der Waals surface area (Å²) >= 11 is 0. The van der Waals surface area contributed by atoms with Gasteiger partial charge in [-0.2, -0.15) is 0 Å². The van der Waals surface area contributed by atoms with Gasteiger partial charge in [0.05, 0.1) is 23.0 Å². The SMILES string of the molecule is Cc1cc([C@@H]2CN(c3cc(-c4ccccc4O)nnc3N)C[C@H](C)O2)c(C)cc1C(=O)O. The van der Waals surface area contributed by atoms with Gasteiger partial charge in [0.2, 0.25) is 0 Å². The van der Waals surface area contributed by atoms with Gasteiger partial charge in [-0.15, -0.1) is 10.2 Å². The molecule has 1 aromatic heterocycles. The van der Waals surface area contributed by atoms with Crippen LogP contribution < -0.4 is 10.6 Å². The second-order valence-corrected chi connectivity index (χ2v) is 8.19. The molecule has 0 amide bonds. The molecular weight excluding hydrogens is 408 g/mol. The molecule has 2 heterocycles. The number of carboxylic acid groups (broad SMARTS) is 1. The Bertz CT molecular complexity index is 1180. The van der Waals surface area contributed by atoms with Crippen LogP contribution in [0, 0.1) is 13.8 Å². The minimum Gasteiger partial charge on any atom is -0.507 e. The molecule has 0 radical (unpaired) electrons. The molecule has 1 aliphatic rings. The first-order valence-electron chi connectivity index (χ1n) is 10.4. The lowest BCUT2D eigenvalue weighted by Gasteiger charge is -2.39. The van der Waals surface area contributed by atoms with Crippen molar-refractivity contribution in [1.82, 2.24) is 10.2 Å². The molecule has 8 heteroatoms. The van der Waals surface area contributed by atoms with Gasteiger partial charge in [-0.1, -0.05) is 18.2 Å². The van der Waals surface area contributed by atoms with E-state index in [0.29, 0.717) is 41.3 Å². The summed E-state index contributed by atoms with van der Waals surface area (Å²) in [6, 6.07) is 12.4. The molecule has 2 atom stereocenters. The number of benzene rings is 2. The van der Waals surface area contributed by atoms with Gasteiger partial charge in [0.25, 0.3) is 0 Å². The van der Waals surface area contributed by atoms with Gasteiger partial charge in [0.15, 0.2) is 5.82 Å². The number of carboxylic acids is 1. The van der Waals surface area contributed by atoms with E-state index in [4.69, 9.17) is 10.5 Å². The fourth-order valence-corrected chi connectivity index (χ4v) is 4.20. The highest BCUT2D eigenvalue weighted by Crippen LogP contribution is 2.36. The second kappa shape index (κ2) is 8.47. The van der Waals surface area contributed by atoms with Crippen LogP contribution in [-0.4, -0.2) is 45.6 Å². The van der Waals surface area contributed by atoms with Gasteiger partial charge in [-0.25, -0.2) is 4.79 Å². The van der Waals surface area contributed by atoms with E-state index in [1.807, 2.05) is 32.0 Å². The number of rotatable bonds is 4. The molecule has 166 valence electrons. The van der Waals surface area contributed by atoms with Gasteiger partial charge < -0.3 is 25.6 Å². The fourth-order valence-electron chi connectivity index (χ4n) is 4.20. The number of phenolic OH excluding ortho intramolecular Hbond substituents is 1. The third kappa shape index (κ3) is 4.09. The van der Waals surface area contributed by atoms with E-state index in [1.165, 1.54) is 0 Å². The number of phenols is 1. The molecule has 0 spiro atoms. The van der Waals surface area contributed by atoms with Crippen LogP contribution in [0.2, 0.25) is 0 Å². The molecule has 0 aliphatic carbocycles. The number of para-hydroxylation sites is 1. The van der Waals surface area contributed by atoms with Crippen molar-refractivity contribution in [2.75, 3.05) is 23.7 Å². The van der Waals surface area contributed by atoms with Crippen molar-refractivity contribution in [2.45, 2.75) is 33.0 Å². The van der Waals surface area contributed by atoms with E-state index in [1.54, 1.807) is 31.2 Å². The predicted octanol–water partition coefficient (Wildman–Crippen LogP) is 3.71. The number of hydrogen-bond acceptors (Lipinski definition) is 7. The van der Waals surface area contributed by atoms with Crippen molar-refractivity contribution in [3.63, 3.8) is 0 Å². The average Bonchev–Trinajstić information content (AvgIpc) is 2.75. The van der Waals surface area contributed by atoms with Crippen LogP contribution in [0.25, 0.3) is 11.3 Å². The monoisotopic (exact) mass is 434 g/mol. The molecule has 2 aromatic carbocycles. The zero-order valence-electron chi connectivity index (χ0n) is 18.2. The third-order valence-corrected chi connectivity index (χ3v) is 5.77. The zero-order valence-corrected chi connectivity index (χ0v) is 18.2. The van der Waals surface area contributed by atoms with Crippen LogP contribution in [0.15, 0.2) is 42.5 Å². The first kappa shape index (κ1) is 21.6. The quantitative estimate of drug-likeness (QED) is 0.568. The maximum absolute atomic E-state index is 11.5. The van der Waals surface area contributed by atoms with Crippen molar-refractivity contribution in [1.29, 1.82) is 0 Å². The fraction of sp³-hybridized carbons (Fsp3) is 0.292. The average molecular weight is 434 g/mol. The number of ether oxygens (including phenoxy) is 1. The number of nitrogens with zero attached hydrogens (tertiary/aromatic N) is 3. The topological polar surface area (TPSA) is 122 Å². The van der Waals surface area contributed by atoms with Crippen LogP contribution >= 0.6 is 0 Å². The summed E-state index contributed by atoms with van der Waals surface area (Å²) in [6.45, 7) is 6.80. The van der Waals surface area contributed by atoms with Gasteiger partial charge in [0, 0.05) is 18.7 Å². The molecule has 8 nitrogen and oxygen atoms in total. The van der Waals surface area contributed by atoms with Gasteiger partial charge in [0.1, 0.15) is 11.9 Å². The van der Waals surface area contributed by atoms with Gasteiger partial charge in [-0.3, -0.25) is 0 Å². The van der Waals surface area contributed by atoms with Gasteiger partial charge in [-0.05, 0) is 61.7 Å². The smallest absolute Gasteiger partial charge is 0.335 e. The Hall–Kier alpha value is -3.65. The summed E-state index contributed by atoms with van der Waals surface area (Å²) in [6.07, 6.45) is -0.352. The largest absolute Gasteiger partial charge is 0.507 e. The van der Waals surface area contributed by atoms with Crippen LogP contribution in [0.1, 0.15) is 40.1 Å². The van der Waals surface area contributed by atoms with Crippen LogP contribution in [0.4, 0.5) is 11.5 Å². The van der Waals surface area contributed by atoms with Crippen molar-refractivity contribution in [3.05, 3.63) is 64.7 Å². The Morgan fingerprint density at radius 2 is 1.88 bits per heavy atom. The van der Waals surface area contributed by atoms with Crippen LogP contribution in [0.3, 0.4) is 0 Å². The van der Waals surface area contributed by atoms with E-state index in [-0.39, 0.29) is 18.0 Å². The van der Waals surface area contributed by atoms with E-state index >= 15 is 0 Å². The lowest BCUT2D eigenvalue weighted by Crippen LogP contribution is -2.43. The number of aromatic hydroxyl groups is 1. The lowest BCUT2D eigenvalue weighted by atomic mass is 9.95. The van der Waals surface area contributed by atoms with Crippen molar-refractivity contribution >= 4 is 17.5 Å². The number of aryl methyl sites for hydroxylation is 2. The molecule has 0 bridgehead atoms. The number of aromatic nitrogens is 2. The molecular formula is C24H26N4O4. The van der Waals surface area contributed by atoms with Crippen molar-refractivity contribution in [3.8, 4) is 17.0 Å². The Labute approximate surface area is 186 Å². The number of nitrogens with two attached hydrogens (primary N) is 1. The Balaban J connectivity index is 1.69. The zero-order chi connectivity index (χ0) is 23.0. The van der Waals surface area contributed by atoms with E-state index < -0.39 is 5.97 Å². The number of anilines is 2. The molecule has 0 saturated carbocycles. The Morgan fingerprint density at radius 1 is 1.12 bits per heavy atom. The van der Waals surface area contributed by atoms with Crippen molar-refractivity contribution < 1.29 is 19.7 Å². The van der Waals surface area contributed by atoms with E-state index in [2.05, 4.69) is 15.1 Å². The van der Waals surface area contributed by atoms with E-state index in [9.17, 15) is 15.0 Å². The predicted molar refractivity (Wildman–Crippen MR) is 122 cm³/mol. The van der Waals surface area contributed by atoms with E-state index in [0.717, 1.165) is 16.8 Å². The number of carbonyl (C=O) groups is 1. The summed E-state index contributed by atoms with van der Waals surface area (Å²) in [5.41, 5.74) is 10.8. The highest BCUT2D eigenvalue weighted by Gasteiger charge is 2.30. The van der Waals surface area contributed by atoms with Gasteiger partial charge >= 0.3 is 5.97 Å². The molecule has 1 aliphatic heterocycles. The maximum atomic E-state index is 11.5. The molecule has 1 fully saturated rings. The molecule has 4 rings (SSSR count). The molecule has 1 saturated heterocycles. The summed E-state index contributed by atoms with van der Waals surface area (Å²) in [5.74, 6) is -0.523. The minimum absolute atomic E-state index is 0.0891. The lowest BCUT2D eigenvalue weighted by molar-refractivity contribution is -0.0176. The Morgan fingerprint density at radius 3 is 2.59 bits per heavy atom. The normalized spacial score (nSPS) is 18.5. The number of nitrogen functional groups attached to an aromatic ring is 1. The highest BCUT2D eigenvalue weighted by molar-refractivity contribution is 5.89. The van der Waals surface area contributed by atoms with Crippen LogP contribution in [-0.2, 0) is 4.74 Å². The highest BCUT2D eigenvalue weighted by atomic mass is 16.5. The minimum atomic E-state index is -0.941. The molecule has 32 heavy (non-hydrogen) atoms. The summed E-state index contributed by atoms with van der Waals surface area (Å²) in [5, 5.41) is 27.9. The van der Waals surface area contributed by atoms with Crippen LogP contribution in [0.5, 0.6) is 5.75 Å².